The van der Waals surface area contributed by atoms with Gasteiger partial charge in [0.1, 0.15) is 11.3 Å². The highest BCUT2D eigenvalue weighted by molar-refractivity contribution is 6.31. The zero-order valence-corrected chi connectivity index (χ0v) is 31.9. The zero-order chi connectivity index (χ0) is 38.3. The van der Waals surface area contributed by atoms with Gasteiger partial charge in [-0.1, -0.05) is 30.1 Å². The molecule has 3 atom stereocenters. The van der Waals surface area contributed by atoms with Crippen LogP contribution in [0.1, 0.15) is 32.6 Å². The molecule has 0 radical (unpaired) electrons. The number of hydrogen-bond donors (Lipinski definition) is 6. The highest BCUT2D eigenvalue weighted by atomic mass is 35.5. The predicted octanol–water partition coefficient (Wildman–Crippen LogP) is 6.79. The van der Waals surface area contributed by atoms with E-state index in [9.17, 15) is 13.9 Å². The summed E-state index contributed by atoms with van der Waals surface area (Å²) in [5.74, 6) is 1.47. The van der Waals surface area contributed by atoms with Gasteiger partial charge in [0.2, 0.25) is 0 Å². The molecule has 2 fully saturated rings. The summed E-state index contributed by atoms with van der Waals surface area (Å²) in [4.78, 5) is 34.1. The van der Waals surface area contributed by atoms with Crippen molar-refractivity contribution in [2.75, 3.05) is 63.1 Å². The molecule has 6 N–H and O–H groups in total. The second-order valence-electron chi connectivity index (χ2n) is 14.3. The molecular formula is C38H44Cl2F2N12O. The Labute approximate surface area is 327 Å². The van der Waals surface area contributed by atoms with E-state index in [4.69, 9.17) is 23.2 Å². The smallest absolute Gasteiger partial charge is 0.183 e. The van der Waals surface area contributed by atoms with E-state index in [-0.39, 0.29) is 24.2 Å². The fourth-order valence-electron chi connectivity index (χ4n) is 7.13. The third-order valence-electron chi connectivity index (χ3n) is 9.97. The molecule has 2 aliphatic rings. The van der Waals surface area contributed by atoms with E-state index in [1.807, 2.05) is 6.92 Å². The first kappa shape index (κ1) is 38.7. The van der Waals surface area contributed by atoms with Crippen molar-refractivity contribution in [1.82, 2.24) is 50.1 Å². The van der Waals surface area contributed by atoms with Crippen LogP contribution in [0.15, 0.2) is 49.3 Å². The molecule has 0 aliphatic carbocycles. The lowest BCUT2D eigenvalue weighted by Gasteiger charge is -2.34. The number of aromatic nitrogens is 8. The van der Waals surface area contributed by atoms with Gasteiger partial charge in [0.25, 0.3) is 0 Å². The first-order valence-electron chi connectivity index (χ1n) is 18.6. The standard InChI is InChI=1S/C21H26ClFN6O.C17H18ClFN6/c1-13(12-30)10-29-4-2-3-14(11-29)6-24-21-18(23)9-27-20(28-21)17-8-26-19-16(17)5-15(22)7-25-19;18-11-4-12-13(8-23-15(12)22-7-11)16-24-9-14(19)17(25-16)21-6-10-2-1-3-20-5-10/h5,7-9,13-14,30H,2-4,6,10-12H2,1H3,(H,25,26)(H,24,27,28);4,7-10,20H,1-3,5-6H2,(H,22,23)(H,21,24,25)/t13-,14?;/m0./s1. The number of nitrogens with zero attached hydrogens (tertiary/aromatic N) is 7. The molecular weight excluding hydrogens is 749 g/mol. The van der Waals surface area contributed by atoms with Crippen molar-refractivity contribution in [3.63, 3.8) is 0 Å². The summed E-state index contributed by atoms with van der Waals surface area (Å²) in [6, 6.07) is 3.59. The highest BCUT2D eigenvalue weighted by Crippen LogP contribution is 2.30. The van der Waals surface area contributed by atoms with Gasteiger partial charge in [0, 0.05) is 79.5 Å². The number of aliphatic hydroxyl groups is 1. The average Bonchev–Trinajstić information content (AvgIpc) is 3.82. The number of nitrogens with one attached hydrogen (secondary N) is 5. The van der Waals surface area contributed by atoms with Gasteiger partial charge in [0.15, 0.2) is 34.9 Å². The Hall–Kier alpha value is -4.54. The van der Waals surface area contributed by atoms with Crippen LogP contribution in [0, 0.1) is 29.4 Å². The number of H-pyrrole nitrogens is 2. The first-order chi connectivity index (χ1) is 26.7. The van der Waals surface area contributed by atoms with Crippen LogP contribution in [0.2, 0.25) is 10.0 Å². The third-order valence-corrected chi connectivity index (χ3v) is 10.4. The number of anilines is 2. The Morgan fingerprint density at radius 3 is 1.93 bits per heavy atom. The van der Waals surface area contributed by atoms with Gasteiger partial charge in [-0.15, -0.1) is 0 Å². The van der Waals surface area contributed by atoms with Crippen LogP contribution < -0.4 is 16.0 Å². The summed E-state index contributed by atoms with van der Waals surface area (Å²) in [6.07, 6.45) is 13.5. The zero-order valence-electron chi connectivity index (χ0n) is 30.4. The van der Waals surface area contributed by atoms with Crippen molar-refractivity contribution in [3.8, 4) is 22.8 Å². The SMILES string of the molecule is C[C@H](CO)CN1CCCC(CNc2nc(-c3c[nH]c4ncc(Cl)cc34)ncc2F)C1.Fc1cnc(-c2c[nH]c3ncc(Cl)cc23)nc1NCC1CCCNC1. The average molecular weight is 794 g/mol. The first-order valence-corrected chi connectivity index (χ1v) is 19.3. The molecule has 0 bridgehead atoms. The number of pyridine rings is 2. The summed E-state index contributed by atoms with van der Waals surface area (Å²) in [5.41, 5.74) is 2.84. The number of rotatable bonds is 11. The van der Waals surface area contributed by atoms with Gasteiger partial charge in [0.05, 0.1) is 22.4 Å². The molecule has 290 valence electrons. The summed E-state index contributed by atoms with van der Waals surface area (Å²) >= 11 is 12.1. The van der Waals surface area contributed by atoms with Gasteiger partial charge in [-0.2, -0.15) is 0 Å². The van der Waals surface area contributed by atoms with E-state index >= 15 is 0 Å². The second kappa shape index (κ2) is 17.9. The number of halogens is 4. The molecule has 0 saturated carbocycles. The van der Waals surface area contributed by atoms with Crippen LogP contribution in [0.25, 0.3) is 44.8 Å². The third kappa shape index (κ3) is 9.65. The maximum absolute atomic E-state index is 14.4. The van der Waals surface area contributed by atoms with Crippen LogP contribution in [0.4, 0.5) is 20.4 Å². The van der Waals surface area contributed by atoms with Gasteiger partial charge in [-0.3, -0.25) is 0 Å². The van der Waals surface area contributed by atoms with Crippen molar-refractivity contribution in [3.05, 3.63) is 71.0 Å². The van der Waals surface area contributed by atoms with Crippen LogP contribution in [0.3, 0.4) is 0 Å². The normalized spacial score (nSPS) is 18.2. The summed E-state index contributed by atoms with van der Waals surface area (Å²) in [7, 11) is 0. The molecule has 8 heterocycles. The van der Waals surface area contributed by atoms with Crippen LogP contribution in [0.5, 0.6) is 0 Å². The van der Waals surface area contributed by atoms with Gasteiger partial charge >= 0.3 is 0 Å². The molecule has 0 aromatic carbocycles. The number of likely N-dealkylation sites (tertiary alicyclic amines) is 1. The minimum absolute atomic E-state index is 0.197. The number of hydrogen-bond acceptors (Lipinski definition) is 11. The van der Waals surface area contributed by atoms with Crippen molar-refractivity contribution >= 4 is 56.9 Å². The highest BCUT2D eigenvalue weighted by Gasteiger charge is 2.22. The van der Waals surface area contributed by atoms with E-state index < -0.39 is 11.6 Å². The summed E-state index contributed by atoms with van der Waals surface area (Å²) in [6.45, 7) is 8.43. The van der Waals surface area contributed by atoms with Gasteiger partial charge in [-0.05, 0) is 75.2 Å². The van der Waals surface area contributed by atoms with E-state index in [1.165, 1.54) is 12.4 Å². The molecule has 55 heavy (non-hydrogen) atoms. The van der Waals surface area contributed by atoms with Crippen molar-refractivity contribution in [2.24, 2.45) is 17.8 Å². The number of fused-ring (bicyclic) bond motifs is 2. The molecule has 17 heteroatoms. The molecule has 0 amide bonds. The summed E-state index contributed by atoms with van der Waals surface area (Å²) in [5, 5.41) is 21.6. The molecule has 0 spiro atoms. The van der Waals surface area contributed by atoms with Crippen molar-refractivity contribution in [1.29, 1.82) is 0 Å². The lowest BCUT2D eigenvalue weighted by molar-refractivity contribution is 0.131. The molecule has 2 aliphatic heterocycles. The molecule has 6 aromatic heterocycles. The summed E-state index contributed by atoms with van der Waals surface area (Å²) < 4.78 is 28.5. The van der Waals surface area contributed by atoms with E-state index in [0.29, 0.717) is 57.9 Å². The topological polar surface area (TPSA) is 168 Å². The second-order valence-corrected chi connectivity index (χ2v) is 15.2. The Morgan fingerprint density at radius 1 is 0.818 bits per heavy atom. The Morgan fingerprint density at radius 2 is 1.38 bits per heavy atom. The molecule has 13 nitrogen and oxygen atoms in total. The quantitative estimate of drug-likeness (QED) is 0.0818. The number of aromatic amines is 2. The van der Waals surface area contributed by atoms with Gasteiger partial charge < -0.3 is 35.9 Å². The lowest BCUT2D eigenvalue weighted by atomic mass is 9.97. The minimum atomic E-state index is -0.476. The van der Waals surface area contributed by atoms with Crippen LogP contribution >= 0.6 is 23.2 Å². The van der Waals surface area contributed by atoms with Crippen LogP contribution in [-0.4, -0.2) is 102 Å². The van der Waals surface area contributed by atoms with E-state index in [1.54, 1.807) is 36.9 Å². The minimum Gasteiger partial charge on any atom is -0.396 e. The predicted molar refractivity (Wildman–Crippen MR) is 212 cm³/mol. The fourth-order valence-corrected chi connectivity index (χ4v) is 7.45. The van der Waals surface area contributed by atoms with Gasteiger partial charge in [-0.25, -0.2) is 38.7 Å². The molecule has 6 aromatic rings. The lowest BCUT2D eigenvalue weighted by Crippen LogP contribution is -2.40. The maximum atomic E-state index is 14.4. The monoisotopic (exact) mass is 792 g/mol. The molecule has 2 saturated heterocycles. The number of piperidine rings is 2. The Kier molecular flexibility index (Phi) is 12.6. The number of aliphatic hydroxyl groups excluding tert-OH is 1. The Bertz CT molecular complexity index is 2210. The Balaban J connectivity index is 0.000000172. The molecule has 8 rings (SSSR count). The largest absolute Gasteiger partial charge is 0.396 e. The fraction of sp³-hybridized carbons (Fsp3) is 0.421. The van der Waals surface area contributed by atoms with Crippen molar-refractivity contribution in [2.45, 2.75) is 32.6 Å². The van der Waals surface area contributed by atoms with Crippen LogP contribution in [-0.2, 0) is 0 Å². The van der Waals surface area contributed by atoms with E-state index in [2.05, 4.69) is 60.7 Å². The van der Waals surface area contributed by atoms with E-state index in [0.717, 1.165) is 80.3 Å². The molecule has 2 unspecified atom stereocenters. The van der Waals surface area contributed by atoms with Crippen molar-refractivity contribution < 1.29 is 13.9 Å². The maximum Gasteiger partial charge on any atom is 0.183 e.